The van der Waals surface area contributed by atoms with Gasteiger partial charge in [-0.05, 0) is 54.8 Å². The zero-order valence-corrected chi connectivity index (χ0v) is 23.4. The fraction of sp³-hybridized carbons (Fsp3) is 0.300. The Hall–Kier alpha value is -3.84. The van der Waals surface area contributed by atoms with E-state index in [1.165, 1.54) is 25.7 Å². The third-order valence-electron chi connectivity index (χ3n) is 5.24. The van der Waals surface area contributed by atoms with Crippen molar-refractivity contribution in [3.63, 3.8) is 0 Å². The number of hydrogen-bond acceptors (Lipinski definition) is 4. The first kappa shape index (κ1) is 32.2. The van der Waals surface area contributed by atoms with E-state index in [9.17, 15) is 19.5 Å². The van der Waals surface area contributed by atoms with Crippen LogP contribution in [0, 0.1) is 0 Å². The minimum atomic E-state index is -1.18. The molecule has 0 aliphatic carbocycles. The van der Waals surface area contributed by atoms with E-state index in [1.54, 1.807) is 49.4 Å². The monoisotopic (exact) mass is 540 g/mol. The lowest BCUT2D eigenvalue weighted by molar-refractivity contribution is -0.141. The number of halogens is 1. The molecule has 0 radical (unpaired) electrons. The van der Waals surface area contributed by atoms with Crippen LogP contribution in [-0.4, -0.2) is 36.0 Å². The molecule has 7 nitrogen and oxygen atoms in total. The molecule has 2 aromatic carbocycles. The summed E-state index contributed by atoms with van der Waals surface area (Å²) in [7, 11) is 1.42. The molecular formula is C30H37ClN2O5. The molecular weight excluding hydrogens is 504 g/mol. The molecule has 0 aromatic heterocycles. The van der Waals surface area contributed by atoms with Crippen molar-refractivity contribution in [1.82, 2.24) is 5.32 Å². The quantitative estimate of drug-likeness (QED) is 0.175. The highest BCUT2D eigenvalue weighted by Crippen LogP contribution is 2.22. The lowest BCUT2D eigenvalue weighted by Crippen LogP contribution is -2.43. The largest absolute Gasteiger partial charge is 0.496 e. The maximum absolute atomic E-state index is 12.8. The van der Waals surface area contributed by atoms with E-state index in [0.29, 0.717) is 34.0 Å². The topological polar surface area (TPSA) is 105 Å². The Morgan fingerprint density at radius 3 is 2.24 bits per heavy atom. The summed E-state index contributed by atoms with van der Waals surface area (Å²) < 4.78 is 5.19. The summed E-state index contributed by atoms with van der Waals surface area (Å²) in [6.07, 6.45) is 6.43. The lowest BCUT2D eigenvalue weighted by atomic mass is 10.0. The van der Waals surface area contributed by atoms with E-state index in [2.05, 4.69) is 31.1 Å². The predicted octanol–water partition coefficient (Wildman–Crippen LogP) is 6.35. The van der Waals surface area contributed by atoms with Gasteiger partial charge in [-0.1, -0.05) is 75.7 Å². The number of hydrogen-bond donors (Lipinski definition) is 3. The van der Waals surface area contributed by atoms with E-state index >= 15 is 0 Å². The summed E-state index contributed by atoms with van der Waals surface area (Å²) in [5.41, 5.74) is 2.63. The summed E-state index contributed by atoms with van der Waals surface area (Å²) in [5, 5.41) is 15.4. The van der Waals surface area contributed by atoms with Gasteiger partial charge in [-0.2, -0.15) is 0 Å². The smallest absolute Gasteiger partial charge is 0.326 e. The number of allylic oxidation sites excluding steroid dienone is 3. The van der Waals surface area contributed by atoms with Crippen molar-refractivity contribution in [1.29, 1.82) is 0 Å². The molecule has 2 rings (SSSR count). The van der Waals surface area contributed by atoms with Crippen LogP contribution in [0.4, 0.5) is 5.69 Å². The molecule has 2 amide bonds. The van der Waals surface area contributed by atoms with Gasteiger partial charge < -0.3 is 20.5 Å². The summed E-state index contributed by atoms with van der Waals surface area (Å²) in [6.45, 7) is 11.5. The number of carbonyl (C=O) groups excluding carboxylic acids is 2. The maximum atomic E-state index is 12.8. The molecule has 0 saturated heterocycles. The second-order valence-corrected chi connectivity index (χ2v) is 8.63. The van der Waals surface area contributed by atoms with Crippen molar-refractivity contribution in [2.45, 2.75) is 53.0 Å². The molecule has 38 heavy (non-hydrogen) atoms. The number of anilines is 1. The first-order valence-electron chi connectivity index (χ1n) is 12.4. The molecule has 1 unspecified atom stereocenters. The second kappa shape index (κ2) is 16.8. The summed E-state index contributed by atoms with van der Waals surface area (Å²) in [4.78, 5) is 37.3. The molecule has 0 bridgehead atoms. The first-order valence-corrected chi connectivity index (χ1v) is 12.8. The number of nitrogens with one attached hydrogen (secondary N) is 2. The molecule has 3 N–H and O–H groups in total. The maximum Gasteiger partial charge on any atom is 0.326 e. The highest BCUT2D eigenvalue weighted by atomic mass is 35.5. The van der Waals surface area contributed by atoms with Crippen LogP contribution < -0.4 is 10.6 Å². The second-order valence-electron chi connectivity index (χ2n) is 8.23. The molecule has 2 aromatic rings. The van der Waals surface area contributed by atoms with Crippen molar-refractivity contribution in [3.05, 3.63) is 100 Å². The highest BCUT2D eigenvalue weighted by molar-refractivity contribution is 6.34. The van der Waals surface area contributed by atoms with Crippen molar-refractivity contribution >= 4 is 35.1 Å². The Balaban J connectivity index is 0.00000229. The molecule has 0 fully saturated rings. The zero-order valence-electron chi connectivity index (χ0n) is 22.6. The van der Waals surface area contributed by atoms with Gasteiger partial charge in [0.2, 0.25) is 0 Å². The molecule has 0 heterocycles. The molecule has 0 spiro atoms. The molecule has 0 aliphatic heterocycles. The average molecular weight is 541 g/mol. The van der Waals surface area contributed by atoms with Gasteiger partial charge >= 0.3 is 5.97 Å². The fourth-order valence-electron chi connectivity index (χ4n) is 3.48. The Morgan fingerprint density at radius 2 is 1.74 bits per heavy atom. The normalized spacial score (nSPS) is 11.9. The van der Waals surface area contributed by atoms with Gasteiger partial charge in [0.25, 0.3) is 11.8 Å². The summed E-state index contributed by atoms with van der Waals surface area (Å²) in [5.74, 6) is -1.80. The van der Waals surface area contributed by atoms with E-state index in [1.807, 2.05) is 13.0 Å². The summed E-state index contributed by atoms with van der Waals surface area (Å²) in [6, 6.07) is 10.9. The van der Waals surface area contributed by atoms with Crippen molar-refractivity contribution in [2.75, 3.05) is 12.4 Å². The Kier molecular flexibility index (Phi) is 14.2. The van der Waals surface area contributed by atoms with Crippen LogP contribution >= 0.6 is 11.6 Å². The number of carboxylic acid groups (broad SMARTS) is 1. The van der Waals surface area contributed by atoms with E-state index in [0.717, 1.165) is 5.56 Å². The zero-order chi connectivity index (χ0) is 28.7. The molecule has 0 aliphatic rings. The van der Waals surface area contributed by atoms with Crippen LogP contribution in [0.2, 0.25) is 5.02 Å². The van der Waals surface area contributed by atoms with Gasteiger partial charge in [-0.3, -0.25) is 9.59 Å². The van der Waals surface area contributed by atoms with Crippen molar-refractivity contribution in [2.24, 2.45) is 0 Å². The standard InChI is InChI=1S/C27H29ClN2O5.C3H8/c1-5-9-20(23(7-3)35-4)25(31)30-22(27(33)34)16-17-12-14-19(15-13-17)29-26(32)24-18(6-2)10-8-11-21(24)28;1-3-2/h5,7-15,22H,1,6,16H2,2-4H3,(H,29,32)(H,30,31)(H,33,34);3H2,1-2H3/b20-9+,23-7+;. The van der Waals surface area contributed by atoms with E-state index < -0.39 is 17.9 Å². The number of carboxylic acids is 1. The molecule has 204 valence electrons. The number of carbonyl (C=O) groups is 3. The minimum Gasteiger partial charge on any atom is -0.496 e. The van der Waals surface area contributed by atoms with Crippen LogP contribution in [-0.2, 0) is 27.2 Å². The van der Waals surface area contributed by atoms with Gasteiger partial charge in [0.15, 0.2) is 0 Å². The minimum absolute atomic E-state index is 0.0410. The number of ether oxygens (including phenoxy) is 1. The Labute approximate surface area is 230 Å². The number of benzene rings is 2. The lowest BCUT2D eigenvalue weighted by Gasteiger charge is -2.17. The van der Waals surface area contributed by atoms with Gasteiger partial charge in [-0.15, -0.1) is 0 Å². The Morgan fingerprint density at radius 1 is 1.11 bits per heavy atom. The Bertz CT molecular complexity index is 1170. The average Bonchev–Trinajstić information content (AvgIpc) is 2.89. The highest BCUT2D eigenvalue weighted by Gasteiger charge is 2.24. The van der Waals surface area contributed by atoms with Gasteiger partial charge in [-0.25, -0.2) is 4.79 Å². The molecule has 0 saturated carbocycles. The first-order chi connectivity index (χ1) is 18.2. The summed E-state index contributed by atoms with van der Waals surface area (Å²) >= 11 is 6.23. The van der Waals surface area contributed by atoms with E-state index in [-0.39, 0.29) is 17.9 Å². The van der Waals surface area contributed by atoms with E-state index in [4.69, 9.17) is 16.3 Å². The molecule has 1 atom stereocenters. The molecule has 8 heteroatoms. The van der Waals surface area contributed by atoms with Crippen LogP contribution in [0.3, 0.4) is 0 Å². The van der Waals surface area contributed by atoms with Crippen molar-refractivity contribution < 1.29 is 24.2 Å². The van der Waals surface area contributed by atoms with Crippen molar-refractivity contribution in [3.8, 4) is 0 Å². The number of rotatable bonds is 11. The number of methoxy groups -OCH3 is 1. The van der Waals surface area contributed by atoms with Gasteiger partial charge in [0.05, 0.1) is 23.3 Å². The number of aryl methyl sites for hydroxylation is 1. The SMILES string of the molecule is C=C/C=C(C(=O)NC(Cc1ccc(NC(=O)c2c(Cl)cccc2CC)cc1)C(=O)O)\C(=C/C)OC.CCC. The fourth-order valence-corrected chi connectivity index (χ4v) is 3.76. The van der Waals surface area contributed by atoms with Gasteiger partial charge in [0.1, 0.15) is 11.8 Å². The third kappa shape index (κ3) is 9.56. The van der Waals surface area contributed by atoms with Crippen LogP contribution in [0.25, 0.3) is 0 Å². The van der Waals surface area contributed by atoms with Crippen LogP contribution in [0.5, 0.6) is 0 Å². The number of aliphatic carboxylic acids is 1. The predicted molar refractivity (Wildman–Crippen MR) is 154 cm³/mol. The van der Waals surface area contributed by atoms with Gasteiger partial charge in [0, 0.05) is 12.1 Å². The van der Waals surface area contributed by atoms with Crippen LogP contribution in [0.15, 0.2) is 78.6 Å². The number of amides is 2. The third-order valence-corrected chi connectivity index (χ3v) is 5.55. The van der Waals surface area contributed by atoms with Crippen LogP contribution in [0.1, 0.15) is 55.6 Å².